The summed E-state index contributed by atoms with van der Waals surface area (Å²) in [4.78, 5) is 43.2. The Balaban J connectivity index is 0.000000620. The second-order valence-electron chi connectivity index (χ2n) is 6.59. The lowest BCUT2D eigenvalue weighted by Gasteiger charge is -2.26. The van der Waals surface area contributed by atoms with Crippen LogP contribution in [-0.2, 0) is 19.2 Å². The number of nitrogens with two attached hydrogens (primary N) is 1. The average molecular weight is 442 g/mol. The molecule has 0 aromatic carbocycles. The van der Waals surface area contributed by atoms with Crippen LogP contribution < -0.4 is 11.1 Å². The number of aliphatic carboxylic acids is 4. The summed E-state index contributed by atoms with van der Waals surface area (Å²) >= 11 is 0. The highest BCUT2D eigenvalue weighted by Gasteiger charge is 2.08. The maximum atomic E-state index is 9.10. The third-order valence-electron chi connectivity index (χ3n) is 4.06. The number of carbonyl (C=O) groups is 4. The van der Waals surface area contributed by atoms with Crippen LogP contribution in [0.2, 0.25) is 0 Å². The number of aromatic nitrogens is 1. The second-order valence-corrected chi connectivity index (χ2v) is 6.59. The van der Waals surface area contributed by atoms with Gasteiger partial charge >= 0.3 is 23.9 Å². The van der Waals surface area contributed by atoms with Gasteiger partial charge < -0.3 is 36.4 Å². The molecule has 1 saturated heterocycles. The number of nitrogen functional groups attached to an aromatic ring is 1. The number of unbranched alkanes of at least 4 members (excludes halogenated alkanes) is 2. The first-order valence-corrected chi connectivity index (χ1v) is 9.73. The lowest BCUT2D eigenvalue weighted by atomic mass is 10.1. The molecule has 12 nitrogen and oxygen atoms in total. The Kier molecular flexibility index (Phi) is 14.6. The van der Waals surface area contributed by atoms with Gasteiger partial charge in [-0.2, -0.15) is 0 Å². The topological polar surface area (TPSA) is 203 Å². The fraction of sp³-hybridized carbons (Fsp3) is 0.526. The molecule has 0 amide bonds. The molecule has 2 rings (SSSR count). The van der Waals surface area contributed by atoms with Crippen LogP contribution in [0.5, 0.6) is 0 Å². The van der Waals surface area contributed by atoms with E-state index in [4.69, 9.17) is 45.3 Å². The summed E-state index contributed by atoms with van der Waals surface area (Å²) in [5, 5.41) is 32.9. The lowest BCUT2D eigenvalue weighted by molar-refractivity contribution is -0.159. The molecule has 0 unspecified atom stereocenters. The molecule has 31 heavy (non-hydrogen) atoms. The highest BCUT2D eigenvalue weighted by Crippen LogP contribution is 2.10. The number of carboxylic acids is 4. The number of nitrogens with one attached hydrogen (secondary N) is 1. The molecular weight excluding hydrogens is 412 g/mol. The van der Waals surface area contributed by atoms with Gasteiger partial charge in [-0.05, 0) is 57.5 Å². The van der Waals surface area contributed by atoms with Crippen molar-refractivity contribution in [3.05, 3.63) is 18.3 Å². The van der Waals surface area contributed by atoms with Gasteiger partial charge in [0.2, 0.25) is 0 Å². The third kappa shape index (κ3) is 16.1. The Bertz CT molecular complexity index is 643. The highest BCUT2D eigenvalue weighted by molar-refractivity contribution is 6.27. The summed E-state index contributed by atoms with van der Waals surface area (Å²) in [6.07, 6.45) is 9.72. The molecule has 1 fully saturated rings. The normalized spacial score (nSPS) is 12.9. The van der Waals surface area contributed by atoms with Gasteiger partial charge in [0.1, 0.15) is 5.82 Å². The van der Waals surface area contributed by atoms with Crippen molar-refractivity contribution in [1.82, 2.24) is 9.88 Å². The third-order valence-corrected chi connectivity index (χ3v) is 4.06. The van der Waals surface area contributed by atoms with Crippen molar-refractivity contribution >= 4 is 35.4 Å². The lowest BCUT2D eigenvalue weighted by Crippen LogP contribution is -2.30. The fourth-order valence-corrected chi connectivity index (χ4v) is 2.55. The van der Waals surface area contributed by atoms with E-state index in [0.29, 0.717) is 5.69 Å². The zero-order valence-corrected chi connectivity index (χ0v) is 17.2. The zero-order chi connectivity index (χ0) is 23.6. The summed E-state index contributed by atoms with van der Waals surface area (Å²) in [6.45, 7) is 4.90. The predicted molar refractivity (Wildman–Crippen MR) is 112 cm³/mol. The summed E-state index contributed by atoms with van der Waals surface area (Å²) in [7, 11) is 0. The quantitative estimate of drug-likeness (QED) is 0.259. The Morgan fingerprint density at radius 3 is 1.87 bits per heavy atom. The smallest absolute Gasteiger partial charge is 0.414 e. The molecule has 0 radical (unpaired) electrons. The van der Waals surface area contributed by atoms with E-state index in [-0.39, 0.29) is 0 Å². The Hall–Kier alpha value is -3.41. The predicted octanol–water partition coefficient (Wildman–Crippen LogP) is 1.04. The van der Waals surface area contributed by atoms with Crippen LogP contribution in [-0.4, -0.2) is 80.4 Å². The minimum absolute atomic E-state index is 0.715. The number of rotatable bonds is 7. The summed E-state index contributed by atoms with van der Waals surface area (Å²) in [5.41, 5.74) is 6.31. The van der Waals surface area contributed by atoms with Gasteiger partial charge in [-0.25, -0.2) is 24.2 Å². The van der Waals surface area contributed by atoms with Crippen LogP contribution in [0.1, 0.15) is 38.5 Å². The number of anilines is 2. The van der Waals surface area contributed by atoms with E-state index in [1.165, 1.54) is 58.2 Å². The Morgan fingerprint density at radius 1 is 0.871 bits per heavy atom. The van der Waals surface area contributed by atoms with E-state index in [1.807, 2.05) is 12.1 Å². The molecule has 1 aromatic rings. The van der Waals surface area contributed by atoms with E-state index in [0.717, 1.165) is 12.4 Å². The fourth-order valence-electron chi connectivity index (χ4n) is 2.55. The van der Waals surface area contributed by atoms with Crippen molar-refractivity contribution < 1.29 is 39.6 Å². The van der Waals surface area contributed by atoms with E-state index in [1.54, 1.807) is 6.20 Å². The van der Waals surface area contributed by atoms with Crippen LogP contribution >= 0.6 is 0 Å². The Morgan fingerprint density at radius 2 is 1.42 bits per heavy atom. The number of likely N-dealkylation sites (tertiary alicyclic amines) is 1. The van der Waals surface area contributed by atoms with E-state index >= 15 is 0 Å². The van der Waals surface area contributed by atoms with Crippen LogP contribution in [0.4, 0.5) is 11.5 Å². The number of carboxylic acid groups (broad SMARTS) is 4. The minimum Gasteiger partial charge on any atom is -0.473 e. The van der Waals surface area contributed by atoms with Crippen molar-refractivity contribution in [2.75, 3.05) is 37.2 Å². The molecule has 0 aliphatic carbocycles. The average Bonchev–Trinajstić information content (AvgIpc) is 2.73. The molecule has 7 N–H and O–H groups in total. The Labute approximate surface area is 179 Å². The molecule has 0 atom stereocenters. The molecule has 1 aliphatic heterocycles. The van der Waals surface area contributed by atoms with E-state index in [9.17, 15) is 0 Å². The van der Waals surface area contributed by atoms with Crippen LogP contribution in [0.25, 0.3) is 0 Å². The number of piperidine rings is 1. The van der Waals surface area contributed by atoms with Gasteiger partial charge in [0.05, 0.1) is 11.9 Å². The summed E-state index contributed by atoms with van der Waals surface area (Å²) in [6, 6.07) is 3.81. The monoisotopic (exact) mass is 442 g/mol. The molecule has 0 bridgehead atoms. The minimum atomic E-state index is -1.82. The van der Waals surface area contributed by atoms with Gasteiger partial charge in [-0.15, -0.1) is 0 Å². The maximum Gasteiger partial charge on any atom is 0.414 e. The SMILES string of the molecule is Nc1ccc(NCCCCCN2CCCCC2)nc1.O=C(O)C(=O)O.O=C(O)C(=O)O. The molecule has 0 spiro atoms. The van der Waals surface area contributed by atoms with Gasteiger partial charge in [-0.1, -0.05) is 12.8 Å². The molecule has 174 valence electrons. The van der Waals surface area contributed by atoms with Crippen molar-refractivity contribution in [2.45, 2.75) is 38.5 Å². The summed E-state index contributed by atoms with van der Waals surface area (Å²) < 4.78 is 0. The zero-order valence-electron chi connectivity index (χ0n) is 17.2. The summed E-state index contributed by atoms with van der Waals surface area (Å²) in [5.74, 6) is -6.37. The largest absolute Gasteiger partial charge is 0.473 e. The number of hydrogen-bond acceptors (Lipinski definition) is 8. The molecule has 1 aliphatic rings. The van der Waals surface area contributed by atoms with Crippen LogP contribution in [0.3, 0.4) is 0 Å². The molecule has 0 saturated carbocycles. The van der Waals surface area contributed by atoms with Crippen LogP contribution in [0.15, 0.2) is 18.3 Å². The first kappa shape index (κ1) is 27.6. The molecular formula is C19H30N4O8. The van der Waals surface area contributed by atoms with Crippen LogP contribution in [0, 0.1) is 0 Å². The maximum absolute atomic E-state index is 9.10. The standard InChI is InChI=1S/C15H26N4.2C2H2O4/c16-14-7-8-15(18-13-14)17-9-3-1-4-10-19-11-5-2-6-12-19;2*3-1(4)2(5)6/h7-8,13H,1-6,9-12,16H2,(H,17,18);2*(H,3,4)(H,5,6). The van der Waals surface area contributed by atoms with Crippen molar-refractivity contribution in [1.29, 1.82) is 0 Å². The van der Waals surface area contributed by atoms with Crippen molar-refractivity contribution in [3.8, 4) is 0 Å². The molecule has 2 heterocycles. The van der Waals surface area contributed by atoms with Crippen molar-refractivity contribution in [2.24, 2.45) is 0 Å². The number of pyridine rings is 1. The van der Waals surface area contributed by atoms with Gasteiger partial charge in [0.15, 0.2) is 0 Å². The molecule has 12 heteroatoms. The number of nitrogens with zero attached hydrogens (tertiary/aromatic N) is 2. The van der Waals surface area contributed by atoms with Gasteiger partial charge in [0, 0.05) is 6.54 Å². The van der Waals surface area contributed by atoms with Gasteiger partial charge in [0.25, 0.3) is 0 Å². The van der Waals surface area contributed by atoms with E-state index < -0.39 is 23.9 Å². The number of hydrogen-bond donors (Lipinski definition) is 6. The van der Waals surface area contributed by atoms with E-state index in [2.05, 4.69) is 15.2 Å². The first-order chi connectivity index (χ1) is 14.6. The van der Waals surface area contributed by atoms with Crippen molar-refractivity contribution in [3.63, 3.8) is 0 Å². The second kappa shape index (κ2) is 16.4. The highest BCUT2D eigenvalue weighted by atomic mass is 16.4. The van der Waals surface area contributed by atoms with Gasteiger partial charge in [-0.3, -0.25) is 0 Å². The first-order valence-electron chi connectivity index (χ1n) is 9.73. The molecule has 1 aromatic heterocycles.